The fraction of sp³-hybridized carbons (Fsp3) is 0.269. The average Bonchev–Trinajstić information content (AvgIpc) is 3.25. The Morgan fingerprint density at radius 3 is 2.39 bits per heavy atom. The molecule has 33 heavy (non-hydrogen) atoms. The minimum Gasteiger partial charge on any atom is -0.352 e. The minimum absolute atomic E-state index is 0.220. The summed E-state index contributed by atoms with van der Waals surface area (Å²) in [5, 5.41) is 0.960. The van der Waals surface area contributed by atoms with Gasteiger partial charge in [-0.25, -0.2) is 14.4 Å². The van der Waals surface area contributed by atoms with Crippen LogP contribution in [-0.4, -0.2) is 51.5 Å². The second-order valence-electron chi connectivity index (χ2n) is 8.27. The molecule has 0 N–H and O–H groups in total. The molecule has 7 heteroatoms. The van der Waals surface area contributed by atoms with Crippen LogP contribution >= 0.6 is 0 Å². The Balaban J connectivity index is 1.59. The van der Waals surface area contributed by atoms with Crippen LogP contribution in [0.4, 0.5) is 10.2 Å². The molecular formula is C26H26FN5O. The Kier molecular flexibility index (Phi) is 5.77. The van der Waals surface area contributed by atoms with Crippen molar-refractivity contribution in [3.8, 4) is 16.8 Å². The normalized spacial score (nSPS) is 14.1. The van der Waals surface area contributed by atoms with Gasteiger partial charge in [-0.1, -0.05) is 37.3 Å². The lowest BCUT2D eigenvalue weighted by Crippen LogP contribution is -2.49. The van der Waals surface area contributed by atoms with Crippen LogP contribution in [0.1, 0.15) is 19.8 Å². The fourth-order valence-electron chi connectivity index (χ4n) is 4.46. The van der Waals surface area contributed by atoms with E-state index in [0.717, 1.165) is 53.2 Å². The molecule has 1 saturated heterocycles. The Morgan fingerprint density at radius 1 is 0.970 bits per heavy atom. The van der Waals surface area contributed by atoms with E-state index >= 15 is 0 Å². The van der Waals surface area contributed by atoms with Gasteiger partial charge in [0.1, 0.15) is 18.0 Å². The van der Waals surface area contributed by atoms with E-state index < -0.39 is 0 Å². The maximum atomic E-state index is 13.6. The first-order valence-corrected chi connectivity index (χ1v) is 11.4. The van der Waals surface area contributed by atoms with Crippen molar-refractivity contribution in [2.75, 3.05) is 31.1 Å². The maximum absolute atomic E-state index is 13.6. The molecule has 2 aromatic heterocycles. The number of nitrogens with zero attached hydrogens (tertiary/aromatic N) is 5. The van der Waals surface area contributed by atoms with E-state index in [0.29, 0.717) is 19.5 Å². The van der Waals surface area contributed by atoms with Gasteiger partial charge in [-0.15, -0.1) is 0 Å². The highest BCUT2D eigenvalue weighted by Crippen LogP contribution is 2.37. The van der Waals surface area contributed by atoms with Crippen LogP contribution < -0.4 is 4.90 Å². The van der Waals surface area contributed by atoms with E-state index in [1.807, 2.05) is 40.8 Å². The standard InChI is InChI=1S/C26H26FN5O/c1-2-6-23(33)30-13-15-31(16-14-30)25-24-22(19-7-4-3-5-8-19)17-32(26(24)29-18-28-25)21-11-9-20(27)10-12-21/h3-5,7-12,17-18H,2,6,13-16H2,1H3. The molecule has 1 aliphatic heterocycles. The maximum Gasteiger partial charge on any atom is 0.222 e. The molecule has 0 bridgehead atoms. The Hall–Kier alpha value is -3.74. The summed E-state index contributed by atoms with van der Waals surface area (Å²) in [6.07, 6.45) is 5.09. The topological polar surface area (TPSA) is 54.3 Å². The summed E-state index contributed by atoms with van der Waals surface area (Å²) in [6, 6.07) is 16.6. The lowest BCUT2D eigenvalue weighted by Gasteiger charge is -2.35. The monoisotopic (exact) mass is 443 g/mol. The van der Waals surface area contributed by atoms with Crippen LogP contribution in [0.25, 0.3) is 27.8 Å². The molecule has 0 unspecified atom stereocenters. The fourth-order valence-corrected chi connectivity index (χ4v) is 4.46. The second kappa shape index (κ2) is 9.02. The molecule has 0 aliphatic carbocycles. The molecular weight excluding hydrogens is 417 g/mol. The van der Waals surface area contributed by atoms with Gasteiger partial charge in [0.2, 0.25) is 5.91 Å². The Bertz CT molecular complexity index is 1260. The van der Waals surface area contributed by atoms with Crippen LogP contribution in [-0.2, 0) is 4.79 Å². The number of benzene rings is 2. The molecule has 0 atom stereocenters. The van der Waals surface area contributed by atoms with Crippen molar-refractivity contribution in [3.05, 3.63) is 72.9 Å². The van der Waals surface area contributed by atoms with Crippen LogP contribution in [0.2, 0.25) is 0 Å². The molecule has 0 saturated carbocycles. The van der Waals surface area contributed by atoms with Crippen molar-refractivity contribution in [1.29, 1.82) is 0 Å². The number of rotatable bonds is 5. The van der Waals surface area contributed by atoms with Gasteiger partial charge in [-0.3, -0.25) is 4.79 Å². The number of aromatic nitrogens is 3. The summed E-state index contributed by atoms with van der Waals surface area (Å²) in [4.78, 5) is 25.8. The molecule has 5 rings (SSSR count). The van der Waals surface area contributed by atoms with Crippen molar-refractivity contribution < 1.29 is 9.18 Å². The number of hydrogen-bond donors (Lipinski definition) is 0. The van der Waals surface area contributed by atoms with Crippen LogP contribution in [0.5, 0.6) is 0 Å². The van der Waals surface area contributed by atoms with Gasteiger partial charge in [-0.05, 0) is 36.2 Å². The Morgan fingerprint density at radius 2 is 1.70 bits per heavy atom. The third-order valence-corrected chi connectivity index (χ3v) is 6.15. The number of fused-ring (bicyclic) bond motifs is 1. The van der Waals surface area contributed by atoms with Gasteiger partial charge in [0, 0.05) is 50.0 Å². The smallest absolute Gasteiger partial charge is 0.222 e. The second-order valence-corrected chi connectivity index (χ2v) is 8.27. The molecule has 3 heterocycles. The first kappa shape index (κ1) is 21.1. The predicted molar refractivity (Wildman–Crippen MR) is 128 cm³/mol. The first-order valence-electron chi connectivity index (χ1n) is 11.4. The number of hydrogen-bond acceptors (Lipinski definition) is 4. The van der Waals surface area contributed by atoms with Crippen molar-refractivity contribution >= 4 is 22.8 Å². The highest BCUT2D eigenvalue weighted by atomic mass is 19.1. The molecule has 0 radical (unpaired) electrons. The molecule has 1 amide bonds. The van der Waals surface area contributed by atoms with Gasteiger partial charge in [0.15, 0.2) is 5.65 Å². The van der Waals surface area contributed by atoms with E-state index in [-0.39, 0.29) is 11.7 Å². The largest absolute Gasteiger partial charge is 0.352 e. The van der Waals surface area contributed by atoms with E-state index in [9.17, 15) is 9.18 Å². The minimum atomic E-state index is -0.274. The molecule has 4 aromatic rings. The third-order valence-electron chi connectivity index (χ3n) is 6.15. The average molecular weight is 444 g/mol. The lowest BCUT2D eigenvalue weighted by atomic mass is 10.1. The van der Waals surface area contributed by atoms with Crippen LogP contribution in [0.15, 0.2) is 67.1 Å². The van der Waals surface area contributed by atoms with Crippen LogP contribution in [0, 0.1) is 5.82 Å². The van der Waals surface area contributed by atoms with Crippen molar-refractivity contribution in [2.45, 2.75) is 19.8 Å². The van der Waals surface area contributed by atoms with Crippen molar-refractivity contribution in [1.82, 2.24) is 19.4 Å². The molecule has 1 aliphatic rings. The summed E-state index contributed by atoms with van der Waals surface area (Å²) in [7, 11) is 0. The van der Waals surface area contributed by atoms with E-state index in [1.54, 1.807) is 18.5 Å². The Labute approximate surface area is 192 Å². The molecule has 1 fully saturated rings. The highest BCUT2D eigenvalue weighted by molar-refractivity contribution is 6.02. The zero-order chi connectivity index (χ0) is 22.8. The molecule has 2 aromatic carbocycles. The highest BCUT2D eigenvalue weighted by Gasteiger charge is 2.25. The summed E-state index contributed by atoms with van der Waals surface area (Å²) in [6.45, 7) is 4.84. The molecule has 0 spiro atoms. The van der Waals surface area contributed by atoms with E-state index in [1.165, 1.54) is 12.1 Å². The quantitative estimate of drug-likeness (QED) is 0.450. The third kappa shape index (κ3) is 4.06. The summed E-state index contributed by atoms with van der Waals surface area (Å²) >= 11 is 0. The molecule has 168 valence electrons. The van der Waals surface area contributed by atoms with Gasteiger partial charge < -0.3 is 14.4 Å². The first-order chi connectivity index (χ1) is 16.2. The van der Waals surface area contributed by atoms with Gasteiger partial charge >= 0.3 is 0 Å². The lowest BCUT2D eigenvalue weighted by molar-refractivity contribution is -0.131. The van der Waals surface area contributed by atoms with Gasteiger partial charge in [-0.2, -0.15) is 0 Å². The number of piperazine rings is 1. The zero-order valence-electron chi connectivity index (χ0n) is 18.6. The number of carbonyl (C=O) groups excluding carboxylic acids is 1. The van der Waals surface area contributed by atoms with Crippen molar-refractivity contribution in [3.63, 3.8) is 0 Å². The van der Waals surface area contributed by atoms with E-state index in [2.05, 4.69) is 27.0 Å². The van der Waals surface area contributed by atoms with Gasteiger partial charge in [0.05, 0.1) is 5.39 Å². The molecule has 6 nitrogen and oxygen atoms in total. The zero-order valence-corrected chi connectivity index (χ0v) is 18.6. The number of halogens is 1. The summed E-state index contributed by atoms with van der Waals surface area (Å²) < 4.78 is 15.6. The number of amides is 1. The predicted octanol–water partition coefficient (Wildman–Crippen LogP) is 4.68. The van der Waals surface area contributed by atoms with E-state index in [4.69, 9.17) is 0 Å². The summed E-state index contributed by atoms with van der Waals surface area (Å²) in [5.74, 6) is 0.809. The summed E-state index contributed by atoms with van der Waals surface area (Å²) in [5.41, 5.74) is 3.70. The van der Waals surface area contributed by atoms with Gasteiger partial charge in [0.25, 0.3) is 0 Å². The SMILES string of the molecule is CCCC(=O)N1CCN(c2ncnc3c2c(-c2ccccc2)cn3-c2ccc(F)cc2)CC1. The van der Waals surface area contributed by atoms with Crippen LogP contribution in [0.3, 0.4) is 0 Å². The number of anilines is 1. The number of carbonyl (C=O) groups is 1. The van der Waals surface area contributed by atoms with Crippen molar-refractivity contribution in [2.24, 2.45) is 0 Å².